The van der Waals surface area contributed by atoms with Crippen molar-refractivity contribution in [3.05, 3.63) is 26.8 Å². The molecule has 0 unspecified atom stereocenters. The molecule has 1 N–H and O–H groups in total. The Morgan fingerprint density at radius 2 is 2.06 bits per heavy atom. The quantitative estimate of drug-likeness (QED) is 0.749. The van der Waals surface area contributed by atoms with Gasteiger partial charge in [-0.25, -0.2) is 0 Å². The lowest BCUT2D eigenvalue weighted by atomic mass is 9.87. The van der Waals surface area contributed by atoms with Gasteiger partial charge in [0.15, 0.2) is 0 Å². The Balaban J connectivity index is 1.90. The summed E-state index contributed by atoms with van der Waals surface area (Å²) in [5.74, 6) is 0.700. The maximum atomic E-state index is 12.0. The summed E-state index contributed by atoms with van der Waals surface area (Å²) in [4.78, 5) is 12.0. The van der Waals surface area contributed by atoms with Crippen LogP contribution in [0.15, 0.2) is 18.2 Å². The largest absolute Gasteiger partial charge is 0.325 e. The highest BCUT2D eigenvalue weighted by Crippen LogP contribution is 2.27. The summed E-state index contributed by atoms with van der Waals surface area (Å²) in [5, 5.41) is 3.68. The first-order chi connectivity index (χ1) is 8.65. The van der Waals surface area contributed by atoms with E-state index in [1.807, 2.05) is 12.1 Å². The number of anilines is 1. The van der Waals surface area contributed by atoms with Crippen LogP contribution in [0.4, 0.5) is 5.69 Å². The van der Waals surface area contributed by atoms with Crippen molar-refractivity contribution >= 4 is 45.8 Å². The van der Waals surface area contributed by atoms with Gasteiger partial charge < -0.3 is 5.32 Å². The van der Waals surface area contributed by atoms with Crippen molar-refractivity contribution in [2.45, 2.75) is 38.5 Å². The van der Waals surface area contributed by atoms with Crippen LogP contribution in [0.1, 0.15) is 38.5 Å². The van der Waals surface area contributed by atoms with E-state index in [0.717, 1.165) is 9.26 Å². The maximum absolute atomic E-state index is 12.0. The van der Waals surface area contributed by atoms with Crippen LogP contribution in [0.5, 0.6) is 0 Å². The molecule has 1 amide bonds. The minimum Gasteiger partial charge on any atom is -0.325 e. The lowest BCUT2D eigenvalue weighted by Gasteiger charge is -2.21. The molecule has 0 bridgehead atoms. The summed E-state index contributed by atoms with van der Waals surface area (Å²) in [7, 11) is 0. The molecule has 4 heteroatoms. The van der Waals surface area contributed by atoms with Crippen molar-refractivity contribution in [2.75, 3.05) is 5.32 Å². The van der Waals surface area contributed by atoms with Crippen LogP contribution in [0.3, 0.4) is 0 Å². The Kier molecular flexibility index (Phi) is 5.30. The molecule has 0 spiro atoms. The number of hydrogen-bond donors (Lipinski definition) is 1. The molecule has 18 heavy (non-hydrogen) atoms. The molecule has 0 radical (unpaired) electrons. The smallest absolute Gasteiger partial charge is 0.224 e. The number of nitrogens with one attached hydrogen (secondary N) is 1. The van der Waals surface area contributed by atoms with Gasteiger partial charge in [-0.3, -0.25) is 4.79 Å². The third kappa shape index (κ3) is 4.12. The lowest BCUT2D eigenvalue weighted by Crippen LogP contribution is -2.18. The number of amides is 1. The van der Waals surface area contributed by atoms with Gasteiger partial charge in [0.1, 0.15) is 0 Å². The predicted octanol–water partition coefficient (Wildman–Crippen LogP) is 4.85. The number of carbonyl (C=O) groups excluding carboxylic acids is 1. The Morgan fingerprint density at radius 1 is 1.33 bits per heavy atom. The first-order valence-corrected chi connectivity index (χ1v) is 7.86. The zero-order chi connectivity index (χ0) is 13.0. The normalized spacial score (nSPS) is 16.6. The number of hydrogen-bond acceptors (Lipinski definition) is 1. The highest BCUT2D eigenvalue weighted by atomic mass is 127. The van der Waals surface area contributed by atoms with Gasteiger partial charge in [-0.2, -0.15) is 0 Å². The average molecular weight is 378 g/mol. The van der Waals surface area contributed by atoms with E-state index in [1.165, 1.54) is 32.1 Å². The van der Waals surface area contributed by atoms with Crippen LogP contribution in [0.2, 0.25) is 5.02 Å². The second kappa shape index (κ2) is 6.75. The summed E-state index contributed by atoms with van der Waals surface area (Å²) in [5.41, 5.74) is 0.862. The number of benzene rings is 1. The first kappa shape index (κ1) is 14.1. The van der Waals surface area contributed by atoms with Gasteiger partial charge in [0, 0.05) is 15.0 Å². The van der Waals surface area contributed by atoms with Crippen molar-refractivity contribution < 1.29 is 4.79 Å². The van der Waals surface area contributed by atoms with Crippen LogP contribution in [0, 0.1) is 9.49 Å². The van der Waals surface area contributed by atoms with Crippen molar-refractivity contribution in [3.63, 3.8) is 0 Å². The highest BCUT2D eigenvalue weighted by Gasteiger charge is 2.17. The first-order valence-electron chi connectivity index (χ1n) is 6.40. The van der Waals surface area contributed by atoms with E-state index in [4.69, 9.17) is 11.6 Å². The lowest BCUT2D eigenvalue weighted by molar-refractivity contribution is -0.117. The Morgan fingerprint density at radius 3 is 2.72 bits per heavy atom. The van der Waals surface area contributed by atoms with E-state index in [1.54, 1.807) is 6.07 Å². The molecule has 0 aromatic heterocycles. The van der Waals surface area contributed by atoms with E-state index in [2.05, 4.69) is 27.9 Å². The topological polar surface area (TPSA) is 29.1 Å². The van der Waals surface area contributed by atoms with E-state index in [-0.39, 0.29) is 5.91 Å². The second-order valence-electron chi connectivity index (χ2n) is 4.88. The maximum Gasteiger partial charge on any atom is 0.224 e. The van der Waals surface area contributed by atoms with Crippen molar-refractivity contribution in [3.8, 4) is 0 Å². The van der Waals surface area contributed by atoms with Gasteiger partial charge in [0.05, 0.1) is 5.69 Å². The molecule has 98 valence electrons. The van der Waals surface area contributed by atoms with E-state index in [9.17, 15) is 4.79 Å². The summed E-state index contributed by atoms with van der Waals surface area (Å²) in [6, 6.07) is 5.53. The number of carbonyl (C=O) groups is 1. The zero-order valence-electron chi connectivity index (χ0n) is 10.2. The molecule has 2 rings (SSSR count). The summed E-state index contributed by atoms with van der Waals surface area (Å²) in [6.07, 6.45) is 6.93. The van der Waals surface area contributed by atoms with Gasteiger partial charge in [-0.05, 0) is 59.5 Å². The average Bonchev–Trinajstić information content (AvgIpc) is 2.34. The summed E-state index contributed by atoms with van der Waals surface area (Å²) >= 11 is 8.08. The second-order valence-corrected chi connectivity index (χ2v) is 6.48. The molecule has 1 aliphatic carbocycles. The monoisotopic (exact) mass is 377 g/mol. The molecule has 0 heterocycles. The molecule has 0 saturated heterocycles. The van der Waals surface area contributed by atoms with Crippen molar-refractivity contribution in [2.24, 2.45) is 5.92 Å². The zero-order valence-corrected chi connectivity index (χ0v) is 13.1. The Hall–Kier alpha value is -0.290. The van der Waals surface area contributed by atoms with Crippen molar-refractivity contribution in [1.29, 1.82) is 0 Å². The van der Waals surface area contributed by atoms with Gasteiger partial charge in [0.2, 0.25) is 5.91 Å². The third-order valence-corrected chi connectivity index (χ3v) is 4.53. The molecular weight excluding hydrogens is 361 g/mol. The minimum absolute atomic E-state index is 0.127. The third-order valence-electron chi connectivity index (χ3n) is 3.40. The summed E-state index contributed by atoms with van der Waals surface area (Å²) in [6.45, 7) is 0. The summed E-state index contributed by atoms with van der Waals surface area (Å²) < 4.78 is 0.983. The van der Waals surface area contributed by atoms with Crippen molar-refractivity contribution in [1.82, 2.24) is 0 Å². The fourth-order valence-electron chi connectivity index (χ4n) is 2.45. The molecular formula is C14H17ClINO. The molecule has 2 nitrogen and oxygen atoms in total. The molecule has 1 aromatic carbocycles. The molecule has 1 aromatic rings. The van der Waals surface area contributed by atoms with E-state index >= 15 is 0 Å². The fraction of sp³-hybridized carbons (Fsp3) is 0.500. The Labute approximate surface area is 127 Å². The van der Waals surface area contributed by atoms with Crippen LogP contribution in [0.25, 0.3) is 0 Å². The van der Waals surface area contributed by atoms with E-state index in [0.29, 0.717) is 17.4 Å². The van der Waals surface area contributed by atoms with Crippen LogP contribution < -0.4 is 5.32 Å². The Bertz CT molecular complexity index is 430. The standard InChI is InChI=1S/C14H17ClINO/c15-11-6-7-13(12(16)9-11)17-14(18)8-10-4-2-1-3-5-10/h6-7,9-10H,1-5,8H2,(H,17,18). The van der Waals surface area contributed by atoms with E-state index < -0.39 is 0 Å². The highest BCUT2D eigenvalue weighted by molar-refractivity contribution is 14.1. The molecule has 1 saturated carbocycles. The minimum atomic E-state index is 0.127. The van der Waals surface area contributed by atoms with Crippen LogP contribution in [-0.4, -0.2) is 5.91 Å². The van der Waals surface area contributed by atoms with Crippen LogP contribution >= 0.6 is 34.2 Å². The fourth-order valence-corrected chi connectivity index (χ4v) is 3.45. The van der Waals surface area contributed by atoms with Gasteiger partial charge in [-0.1, -0.05) is 30.9 Å². The van der Waals surface area contributed by atoms with Gasteiger partial charge in [0.25, 0.3) is 0 Å². The molecule has 1 fully saturated rings. The number of halogens is 2. The van der Waals surface area contributed by atoms with Crippen LogP contribution in [-0.2, 0) is 4.79 Å². The molecule has 1 aliphatic rings. The molecule has 0 atom stereocenters. The van der Waals surface area contributed by atoms with Gasteiger partial charge >= 0.3 is 0 Å². The molecule has 0 aliphatic heterocycles. The predicted molar refractivity (Wildman–Crippen MR) is 84.0 cm³/mol. The van der Waals surface area contributed by atoms with Gasteiger partial charge in [-0.15, -0.1) is 0 Å². The SMILES string of the molecule is O=C(CC1CCCCC1)Nc1ccc(Cl)cc1I. The number of rotatable bonds is 3.